The molecule has 1 N–H and O–H groups in total. The van der Waals surface area contributed by atoms with E-state index in [1.807, 2.05) is 12.1 Å². The van der Waals surface area contributed by atoms with Crippen molar-refractivity contribution >= 4 is 17.7 Å². The molecule has 0 spiro atoms. The molecule has 18 heavy (non-hydrogen) atoms. The van der Waals surface area contributed by atoms with Gasteiger partial charge >= 0.3 is 5.97 Å². The number of carboxylic acid groups (broad SMARTS) is 1. The van der Waals surface area contributed by atoms with Crippen LogP contribution in [0.25, 0.3) is 0 Å². The molecular weight excluding hydrogens is 246 g/mol. The van der Waals surface area contributed by atoms with Crippen LogP contribution in [0, 0.1) is 11.8 Å². The fourth-order valence-corrected chi connectivity index (χ4v) is 4.00. The highest BCUT2D eigenvalue weighted by Crippen LogP contribution is 2.40. The molecule has 3 unspecified atom stereocenters. The lowest BCUT2D eigenvalue weighted by molar-refractivity contribution is -0.142. The van der Waals surface area contributed by atoms with Crippen molar-refractivity contribution in [3.63, 3.8) is 0 Å². The SMILES string of the molecule is CCC1CCC(C(=O)O)C(Sc2ccncc2)C1. The minimum absolute atomic E-state index is 0.198. The average molecular weight is 265 g/mol. The van der Waals surface area contributed by atoms with Gasteiger partial charge in [0.1, 0.15) is 0 Å². The van der Waals surface area contributed by atoms with E-state index in [9.17, 15) is 9.90 Å². The summed E-state index contributed by atoms with van der Waals surface area (Å²) < 4.78 is 0. The lowest BCUT2D eigenvalue weighted by Crippen LogP contribution is -2.32. The molecule has 1 heterocycles. The Kier molecular flexibility index (Phi) is 4.64. The van der Waals surface area contributed by atoms with Crippen molar-refractivity contribution in [2.75, 3.05) is 0 Å². The number of pyridine rings is 1. The number of rotatable bonds is 4. The topological polar surface area (TPSA) is 50.2 Å². The third-order valence-corrected chi connectivity index (χ3v) is 5.10. The molecule has 0 bridgehead atoms. The molecule has 1 aliphatic rings. The van der Waals surface area contributed by atoms with Gasteiger partial charge in [-0.1, -0.05) is 13.3 Å². The van der Waals surface area contributed by atoms with Crippen molar-refractivity contribution in [1.29, 1.82) is 0 Å². The highest BCUT2D eigenvalue weighted by atomic mass is 32.2. The first-order valence-corrected chi connectivity index (χ1v) is 7.38. The van der Waals surface area contributed by atoms with Crippen LogP contribution in [-0.4, -0.2) is 21.3 Å². The van der Waals surface area contributed by atoms with Crippen molar-refractivity contribution in [2.24, 2.45) is 11.8 Å². The van der Waals surface area contributed by atoms with E-state index in [2.05, 4.69) is 11.9 Å². The Labute approximate surface area is 112 Å². The van der Waals surface area contributed by atoms with Crippen LogP contribution in [0.3, 0.4) is 0 Å². The number of hydrogen-bond acceptors (Lipinski definition) is 3. The Balaban J connectivity index is 2.07. The van der Waals surface area contributed by atoms with Crippen molar-refractivity contribution in [1.82, 2.24) is 4.98 Å². The van der Waals surface area contributed by atoms with E-state index in [1.165, 1.54) is 0 Å². The van der Waals surface area contributed by atoms with Crippen molar-refractivity contribution in [3.8, 4) is 0 Å². The molecule has 1 aliphatic carbocycles. The molecule has 1 fully saturated rings. The van der Waals surface area contributed by atoms with Crippen LogP contribution in [0.2, 0.25) is 0 Å². The maximum atomic E-state index is 11.3. The van der Waals surface area contributed by atoms with Gasteiger partial charge in [-0.25, -0.2) is 0 Å². The minimum Gasteiger partial charge on any atom is -0.481 e. The van der Waals surface area contributed by atoms with Crippen LogP contribution < -0.4 is 0 Å². The summed E-state index contributed by atoms with van der Waals surface area (Å²) in [6.45, 7) is 2.19. The van der Waals surface area contributed by atoms with E-state index in [0.717, 1.165) is 30.6 Å². The third-order valence-electron chi connectivity index (χ3n) is 3.73. The van der Waals surface area contributed by atoms with E-state index in [4.69, 9.17) is 0 Å². The van der Waals surface area contributed by atoms with E-state index >= 15 is 0 Å². The molecule has 1 aromatic rings. The normalized spacial score (nSPS) is 27.9. The summed E-state index contributed by atoms with van der Waals surface area (Å²) in [6.07, 6.45) is 7.56. The van der Waals surface area contributed by atoms with Gasteiger partial charge < -0.3 is 5.11 Å². The Morgan fingerprint density at radius 2 is 2.17 bits per heavy atom. The number of thioether (sulfide) groups is 1. The highest BCUT2D eigenvalue weighted by Gasteiger charge is 2.34. The maximum absolute atomic E-state index is 11.3. The summed E-state index contributed by atoms with van der Waals surface area (Å²) in [4.78, 5) is 16.4. The molecule has 0 saturated heterocycles. The minimum atomic E-state index is -0.642. The quantitative estimate of drug-likeness (QED) is 0.906. The van der Waals surface area contributed by atoms with Crippen LogP contribution in [0.1, 0.15) is 32.6 Å². The summed E-state index contributed by atoms with van der Waals surface area (Å²) in [5, 5.41) is 9.52. The number of aliphatic carboxylic acids is 1. The average Bonchev–Trinajstić information content (AvgIpc) is 2.39. The van der Waals surface area contributed by atoms with Crippen LogP contribution in [0.5, 0.6) is 0 Å². The van der Waals surface area contributed by atoms with Gasteiger partial charge in [0, 0.05) is 22.5 Å². The molecule has 98 valence electrons. The highest BCUT2D eigenvalue weighted by molar-refractivity contribution is 8.00. The lowest BCUT2D eigenvalue weighted by atomic mass is 9.80. The maximum Gasteiger partial charge on any atom is 0.307 e. The van der Waals surface area contributed by atoms with Gasteiger partial charge in [-0.3, -0.25) is 9.78 Å². The number of carboxylic acids is 1. The van der Waals surface area contributed by atoms with Gasteiger partial charge in [0.05, 0.1) is 5.92 Å². The molecule has 0 radical (unpaired) electrons. The smallest absolute Gasteiger partial charge is 0.307 e. The summed E-state index contributed by atoms with van der Waals surface area (Å²) in [5.74, 6) is -0.165. The van der Waals surface area contributed by atoms with E-state index in [0.29, 0.717) is 5.92 Å². The van der Waals surface area contributed by atoms with Gasteiger partial charge in [0.25, 0.3) is 0 Å². The predicted molar refractivity (Wildman–Crippen MR) is 72.6 cm³/mol. The zero-order chi connectivity index (χ0) is 13.0. The van der Waals surface area contributed by atoms with Gasteiger partial charge in [0.2, 0.25) is 0 Å². The molecule has 2 rings (SSSR count). The van der Waals surface area contributed by atoms with Crippen LogP contribution in [0.15, 0.2) is 29.4 Å². The largest absolute Gasteiger partial charge is 0.481 e. The van der Waals surface area contributed by atoms with Crippen molar-refractivity contribution < 1.29 is 9.90 Å². The Morgan fingerprint density at radius 1 is 1.44 bits per heavy atom. The summed E-state index contributed by atoms with van der Waals surface area (Å²) in [7, 11) is 0. The molecule has 0 amide bonds. The van der Waals surface area contributed by atoms with E-state index < -0.39 is 5.97 Å². The molecular formula is C14H19NO2S. The monoisotopic (exact) mass is 265 g/mol. The zero-order valence-corrected chi connectivity index (χ0v) is 11.4. The summed E-state index contributed by atoms with van der Waals surface area (Å²) >= 11 is 1.70. The summed E-state index contributed by atoms with van der Waals surface area (Å²) in [5.41, 5.74) is 0. The Bertz CT molecular complexity index is 396. The molecule has 4 heteroatoms. The first-order chi connectivity index (χ1) is 8.70. The Hall–Kier alpha value is -1.03. The van der Waals surface area contributed by atoms with Gasteiger partial charge in [-0.15, -0.1) is 11.8 Å². The molecule has 3 atom stereocenters. The van der Waals surface area contributed by atoms with E-state index in [1.54, 1.807) is 24.2 Å². The van der Waals surface area contributed by atoms with Crippen LogP contribution in [0.4, 0.5) is 0 Å². The molecule has 0 aliphatic heterocycles. The van der Waals surface area contributed by atoms with Gasteiger partial charge in [0.15, 0.2) is 0 Å². The van der Waals surface area contributed by atoms with Crippen LogP contribution >= 0.6 is 11.8 Å². The number of nitrogens with zero attached hydrogens (tertiary/aromatic N) is 1. The number of carbonyl (C=O) groups is 1. The number of hydrogen-bond donors (Lipinski definition) is 1. The molecule has 0 aromatic carbocycles. The molecule has 1 aromatic heterocycles. The first-order valence-electron chi connectivity index (χ1n) is 6.50. The fraction of sp³-hybridized carbons (Fsp3) is 0.571. The second-order valence-corrected chi connectivity index (χ2v) is 6.18. The first kappa shape index (κ1) is 13.4. The second-order valence-electron chi connectivity index (χ2n) is 4.87. The predicted octanol–water partition coefficient (Wildman–Crippen LogP) is 3.45. The number of aromatic nitrogens is 1. The Morgan fingerprint density at radius 3 is 2.78 bits per heavy atom. The second kappa shape index (κ2) is 6.23. The lowest BCUT2D eigenvalue weighted by Gasteiger charge is -2.33. The molecule has 3 nitrogen and oxygen atoms in total. The van der Waals surface area contributed by atoms with Gasteiger partial charge in [-0.2, -0.15) is 0 Å². The van der Waals surface area contributed by atoms with Crippen molar-refractivity contribution in [3.05, 3.63) is 24.5 Å². The third kappa shape index (κ3) is 3.25. The van der Waals surface area contributed by atoms with Gasteiger partial charge in [-0.05, 0) is 37.3 Å². The summed E-state index contributed by atoms with van der Waals surface area (Å²) in [6, 6.07) is 3.91. The van der Waals surface area contributed by atoms with Crippen molar-refractivity contribution in [2.45, 2.75) is 42.8 Å². The standard InChI is InChI=1S/C14H19NO2S/c1-2-10-3-4-12(14(16)17)13(9-10)18-11-5-7-15-8-6-11/h5-8,10,12-13H,2-4,9H2,1H3,(H,16,17). The zero-order valence-electron chi connectivity index (χ0n) is 10.6. The van der Waals surface area contributed by atoms with E-state index in [-0.39, 0.29) is 11.2 Å². The van der Waals surface area contributed by atoms with Crippen LogP contribution in [-0.2, 0) is 4.79 Å². The fourth-order valence-electron chi connectivity index (χ4n) is 2.59. The molecule has 1 saturated carbocycles.